The molecule has 2 fully saturated rings. The minimum Gasteiger partial charge on any atom is -0.369 e. The van der Waals surface area contributed by atoms with Crippen LogP contribution in [0.25, 0.3) is 11.7 Å². The molecule has 2 aromatic rings. The summed E-state index contributed by atoms with van der Waals surface area (Å²) in [5.74, 6) is -0.122. The molecule has 2 aliphatic heterocycles. The number of unbranched alkanes of at least 4 members (excludes halogenated alkanes) is 2. The van der Waals surface area contributed by atoms with Gasteiger partial charge in [0.05, 0.1) is 10.5 Å². The molecule has 10 heteroatoms. The zero-order valence-corrected chi connectivity index (χ0v) is 21.1. The van der Waals surface area contributed by atoms with Gasteiger partial charge in [0.25, 0.3) is 11.5 Å². The van der Waals surface area contributed by atoms with Gasteiger partial charge in [-0.3, -0.25) is 23.7 Å². The quantitative estimate of drug-likeness (QED) is 0.355. The van der Waals surface area contributed by atoms with Crippen molar-refractivity contribution in [3.63, 3.8) is 0 Å². The Bertz CT molecular complexity index is 1230. The number of thioether (sulfide) groups is 1. The Labute approximate surface area is 208 Å². The number of hydrogen-bond acceptors (Lipinski definition) is 7. The molecule has 0 atom stereocenters. The molecule has 0 aromatic carbocycles. The van der Waals surface area contributed by atoms with Crippen molar-refractivity contribution < 1.29 is 9.59 Å². The van der Waals surface area contributed by atoms with Gasteiger partial charge in [-0.15, -0.1) is 0 Å². The molecule has 0 unspecified atom stereocenters. The summed E-state index contributed by atoms with van der Waals surface area (Å²) in [5, 5.41) is 0. The van der Waals surface area contributed by atoms with Gasteiger partial charge in [-0.1, -0.05) is 49.8 Å². The predicted molar refractivity (Wildman–Crippen MR) is 140 cm³/mol. The molecular formula is C24H29N5O3S2. The zero-order chi connectivity index (χ0) is 24.4. The predicted octanol–water partition coefficient (Wildman–Crippen LogP) is 3.10. The van der Waals surface area contributed by atoms with Crippen molar-refractivity contribution in [3.05, 3.63) is 44.7 Å². The van der Waals surface area contributed by atoms with Crippen LogP contribution in [-0.2, 0) is 9.59 Å². The van der Waals surface area contributed by atoms with Gasteiger partial charge in [0.15, 0.2) is 0 Å². The molecule has 34 heavy (non-hydrogen) atoms. The highest BCUT2D eigenvalue weighted by atomic mass is 32.2. The number of rotatable bonds is 7. The molecule has 2 aromatic heterocycles. The van der Waals surface area contributed by atoms with Gasteiger partial charge < -0.3 is 10.6 Å². The largest absolute Gasteiger partial charge is 0.369 e. The third kappa shape index (κ3) is 4.88. The lowest BCUT2D eigenvalue weighted by Crippen LogP contribution is -2.40. The summed E-state index contributed by atoms with van der Waals surface area (Å²) in [6.45, 7) is 5.72. The molecule has 180 valence electrons. The molecule has 2 amide bonds. The molecule has 2 aliphatic rings. The monoisotopic (exact) mass is 499 g/mol. The molecule has 4 rings (SSSR count). The zero-order valence-electron chi connectivity index (χ0n) is 19.5. The second-order valence-electron chi connectivity index (χ2n) is 8.79. The number of primary amides is 1. The molecule has 0 bridgehead atoms. The highest BCUT2D eigenvalue weighted by Crippen LogP contribution is 2.34. The number of anilines is 1. The minimum absolute atomic E-state index is 0.168. The maximum Gasteiger partial charge on any atom is 0.267 e. The Balaban J connectivity index is 1.75. The molecule has 0 radical (unpaired) electrons. The second-order valence-corrected chi connectivity index (χ2v) is 10.5. The maximum atomic E-state index is 13.6. The van der Waals surface area contributed by atoms with Crippen LogP contribution in [0, 0.1) is 12.8 Å². The van der Waals surface area contributed by atoms with E-state index in [1.807, 2.05) is 24.0 Å². The lowest BCUT2D eigenvalue weighted by molar-refractivity contribution is -0.123. The minimum atomic E-state index is -0.298. The van der Waals surface area contributed by atoms with Crippen LogP contribution < -0.4 is 16.2 Å². The van der Waals surface area contributed by atoms with Crippen LogP contribution in [0.3, 0.4) is 0 Å². The third-order valence-electron chi connectivity index (χ3n) is 6.32. The Morgan fingerprint density at radius 2 is 2.00 bits per heavy atom. The molecule has 0 saturated carbocycles. The molecule has 2 N–H and O–H groups in total. The fourth-order valence-corrected chi connectivity index (χ4v) is 5.62. The van der Waals surface area contributed by atoms with Crippen molar-refractivity contribution in [3.8, 4) is 0 Å². The first-order chi connectivity index (χ1) is 16.3. The Morgan fingerprint density at radius 1 is 1.26 bits per heavy atom. The van der Waals surface area contributed by atoms with Crippen LogP contribution in [0.15, 0.2) is 28.0 Å². The van der Waals surface area contributed by atoms with Crippen LogP contribution in [0.5, 0.6) is 0 Å². The fraction of sp³-hybridized carbons (Fsp3) is 0.458. The van der Waals surface area contributed by atoms with Gasteiger partial charge in [0, 0.05) is 31.7 Å². The van der Waals surface area contributed by atoms with Gasteiger partial charge in [-0.05, 0) is 43.9 Å². The van der Waals surface area contributed by atoms with Gasteiger partial charge in [-0.2, -0.15) is 0 Å². The first-order valence-electron chi connectivity index (χ1n) is 11.6. The van der Waals surface area contributed by atoms with Gasteiger partial charge in [-0.25, -0.2) is 4.98 Å². The fourth-order valence-electron chi connectivity index (χ4n) is 4.33. The summed E-state index contributed by atoms with van der Waals surface area (Å²) in [6, 6.07) is 3.72. The van der Waals surface area contributed by atoms with E-state index in [1.54, 1.807) is 17.2 Å². The van der Waals surface area contributed by atoms with Crippen LogP contribution in [0.2, 0.25) is 0 Å². The lowest BCUT2D eigenvalue weighted by atomic mass is 9.96. The van der Waals surface area contributed by atoms with Gasteiger partial charge >= 0.3 is 0 Å². The van der Waals surface area contributed by atoms with E-state index in [2.05, 4.69) is 6.92 Å². The molecule has 0 aliphatic carbocycles. The highest BCUT2D eigenvalue weighted by Gasteiger charge is 2.33. The molecular weight excluding hydrogens is 470 g/mol. The lowest BCUT2D eigenvalue weighted by Gasteiger charge is -2.32. The SMILES string of the molecule is CCCCCN1C(=O)C(=Cc2c(N3CCC(C(N)=O)CC3)nc3ccc(C)cn3c2=O)SC1=S. The summed E-state index contributed by atoms with van der Waals surface area (Å²) in [6.07, 6.45) is 7.55. The van der Waals surface area contributed by atoms with Crippen LogP contribution in [0.1, 0.15) is 50.2 Å². The van der Waals surface area contributed by atoms with E-state index in [9.17, 15) is 14.4 Å². The Kier molecular flexibility index (Phi) is 7.37. The first kappa shape index (κ1) is 24.4. The topological polar surface area (TPSA) is 101 Å². The average molecular weight is 500 g/mol. The molecule has 0 spiro atoms. The number of fused-ring (bicyclic) bond motifs is 1. The Hall–Kier alpha value is -2.72. The van der Waals surface area contributed by atoms with E-state index in [-0.39, 0.29) is 23.3 Å². The number of pyridine rings is 1. The summed E-state index contributed by atoms with van der Waals surface area (Å²) in [4.78, 5) is 47.2. The molecule has 4 heterocycles. The summed E-state index contributed by atoms with van der Waals surface area (Å²) >= 11 is 6.68. The van der Waals surface area contributed by atoms with Crippen molar-refractivity contribution in [1.82, 2.24) is 14.3 Å². The number of hydrogen-bond donors (Lipinski definition) is 1. The number of aryl methyl sites for hydroxylation is 1. The average Bonchev–Trinajstić information content (AvgIpc) is 3.08. The standard InChI is InChI=1S/C24H29N5O3S2/c1-3-4-5-10-28-23(32)18(34-24(28)33)13-17-21(27-11-8-16(9-12-27)20(25)30)26-19-7-6-15(2)14-29(19)22(17)31/h6-7,13-14,16H,3-5,8-12H2,1-2H3,(H2,25,30). The van der Waals surface area contributed by atoms with Gasteiger partial charge in [0.1, 0.15) is 15.8 Å². The third-order valence-corrected chi connectivity index (χ3v) is 7.69. The number of carbonyl (C=O) groups excluding carboxylic acids is 2. The number of thiocarbonyl (C=S) groups is 1. The number of aromatic nitrogens is 2. The maximum absolute atomic E-state index is 13.6. The summed E-state index contributed by atoms with van der Waals surface area (Å²) in [7, 11) is 0. The van der Waals surface area contributed by atoms with Gasteiger partial charge in [0.2, 0.25) is 5.91 Å². The number of carbonyl (C=O) groups is 2. The molecule has 8 nitrogen and oxygen atoms in total. The van der Waals surface area contributed by atoms with E-state index in [0.29, 0.717) is 58.7 Å². The number of amides is 2. The normalized spacial score (nSPS) is 18.5. The van der Waals surface area contributed by atoms with E-state index >= 15 is 0 Å². The van der Waals surface area contributed by atoms with Crippen LogP contribution in [0.4, 0.5) is 5.82 Å². The van der Waals surface area contributed by atoms with Crippen molar-refractivity contribution in [2.45, 2.75) is 46.0 Å². The number of piperidine rings is 1. The van der Waals surface area contributed by atoms with E-state index in [1.165, 1.54) is 16.2 Å². The number of nitrogens with two attached hydrogens (primary N) is 1. The van der Waals surface area contributed by atoms with Crippen molar-refractivity contribution in [2.24, 2.45) is 11.7 Å². The van der Waals surface area contributed by atoms with E-state index < -0.39 is 0 Å². The van der Waals surface area contributed by atoms with Crippen molar-refractivity contribution >= 4 is 57.7 Å². The van der Waals surface area contributed by atoms with Crippen LogP contribution in [-0.4, -0.2) is 50.1 Å². The summed E-state index contributed by atoms with van der Waals surface area (Å²) < 4.78 is 2.03. The first-order valence-corrected chi connectivity index (χ1v) is 12.8. The highest BCUT2D eigenvalue weighted by molar-refractivity contribution is 8.26. The van der Waals surface area contributed by atoms with E-state index in [4.69, 9.17) is 22.9 Å². The smallest absolute Gasteiger partial charge is 0.267 e. The number of nitrogens with zero attached hydrogens (tertiary/aromatic N) is 4. The molecule has 2 saturated heterocycles. The second kappa shape index (κ2) is 10.3. The Morgan fingerprint density at radius 3 is 2.68 bits per heavy atom. The van der Waals surface area contributed by atoms with E-state index in [0.717, 1.165) is 24.8 Å². The van der Waals surface area contributed by atoms with Crippen molar-refractivity contribution in [1.29, 1.82) is 0 Å². The summed E-state index contributed by atoms with van der Waals surface area (Å²) in [5.41, 5.74) is 7.08. The van der Waals surface area contributed by atoms with Crippen LogP contribution >= 0.6 is 24.0 Å². The van der Waals surface area contributed by atoms with Crippen molar-refractivity contribution in [2.75, 3.05) is 24.5 Å².